The number of halogens is 2. The zero-order valence-electron chi connectivity index (χ0n) is 6.18. The topological polar surface area (TPSA) is 17.1 Å². The standard InChI is InChI=1S/C9H6FIO/c10-6-3-1-2-5-4-7(11)9(12)8(5)6/h1-3,7H,4H2. The van der Waals surface area contributed by atoms with Gasteiger partial charge in [-0.05, 0) is 18.1 Å². The largest absolute Gasteiger partial charge is 0.293 e. The van der Waals surface area contributed by atoms with Crippen molar-refractivity contribution in [3.8, 4) is 0 Å². The van der Waals surface area contributed by atoms with Gasteiger partial charge in [0.1, 0.15) is 5.82 Å². The summed E-state index contributed by atoms with van der Waals surface area (Å²) in [6, 6.07) is 4.80. The van der Waals surface area contributed by atoms with Crippen LogP contribution in [0, 0.1) is 5.82 Å². The van der Waals surface area contributed by atoms with Crippen LogP contribution in [0.25, 0.3) is 0 Å². The van der Waals surface area contributed by atoms with Gasteiger partial charge in [0.25, 0.3) is 0 Å². The predicted molar refractivity (Wildman–Crippen MR) is 52.2 cm³/mol. The molecule has 1 aromatic rings. The quantitative estimate of drug-likeness (QED) is 0.525. The van der Waals surface area contributed by atoms with Crippen molar-refractivity contribution < 1.29 is 9.18 Å². The maximum Gasteiger partial charge on any atom is 0.179 e. The smallest absolute Gasteiger partial charge is 0.179 e. The number of benzene rings is 1. The Morgan fingerprint density at radius 3 is 2.92 bits per heavy atom. The first-order valence-corrected chi connectivity index (χ1v) is 4.90. The van der Waals surface area contributed by atoms with Crippen molar-refractivity contribution >= 4 is 28.4 Å². The molecule has 62 valence electrons. The zero-order valence-corrected chi connectivity index (χ0v) is 8.34. The van der Waals surface area contributed by atoms with Crippen molar-refractivity contribution in [3.63, 3.8) is 0 Å². The van der Waals surface area contributed by atoms with Crippen LogP contribution in [0.15, 0.2) is 18.2 Å². The van der Waals surface area contributed by atoms with E-state index < -0.39 is 0 Å². The van der Waals surface area contributed by atoms with E-state index in [1.807, 2.05) is 6.07 Å². The highest BCUT2D eigenvalue weighted by Gasteiger charge is 2.30. The SMILES string of the molecule is O=C1c2c(F)cccc2CC1I. The first-order chi connectivity index (χ1) is 5.70. The average Bonchev–Trinajstić information content (AvgIpc) is 2.29. The number of fused-ring (bicyclic) bond motifs is 1. The molecule has 1 atom stereocenters. The minimum atomic E-state index is -0.378. The van der Waals surface area contributed by atoms with E-state index in [2.05, 4.69) is 22.6 Å². The van der Waals surface area contributed by atoms with Gasteiger partial charge in [0.15, 0.2) is 5.78 Å². The summed E-state index contributed by atoms with van der Waals surface area (Å²) in [7, 11) is 0. The normalized spacial score (nSPS) is 21.2. The highest BCUT2D eigenvalue weighted by molar-refractivity contribution is 14.1. The van der Waals surface area contributed by atoms with Crippen LogP contribution >= 0.6 is 22.6 Å². The van der Waals surface area contributed by atoms with E-state index in [1.54, 1.807) is 6.07 Å². The number of carbonyl (C=O) groups is 1. The molecule has 2 rings (SSSR count). The van der Waals surface area contributed by atoms with Crippen LogP contribution in [-0.2, 0) is 6.42 Å². The van der Waals surface area contributed by atoms with E-state index in [0.29, 0.717) is 12.0 Å². The van der Waals surface area contributed by atoms with Gasteiger partial charge in [-0.2, -0.15) is 0 Å². The Kier molecular flexibility index (Phi) is 1.90. The van der Waals surface area contributed by atoms with Gasteiger partial charge in [-0.15, -0.1) is 0 Å². The third-order valence-corrected chi connectivity index (χ3v) is 3.04. The number of carbonyl (C=O) groups excluding carboxylic acids is 1. The number of hydrogen-bond acceptors (Lipinski definition) is 1. The zero-order chi connectivity index (χ0) is 8.72. The summed E-state index contributed by atoms with van der Waals surface area (Å²) in [4.78, 5) is 11.4. The third kappa shape index (κ3) is 1.07. The van der Waals surface area contributed by atoms with Gasteiger partial charge in [-0.25, -0.2) is 4.39 Å². The van der Waals surface area contributed by atoms with Crippen molar-refractivity contribution in [3.05, 3.63) is 35.1 Å². The van der Waals surface area contributed by atoms with Crippen LogP contribution in [-0.4, -0.2) is 9.71 Å². The number of ketones is 1. The molecule has 0 saturated carbocycles. The Labute approximate surface area is 83.1 Å². The highest BCUT2D eigenvalue weighted by Crippen LogP contribution is 2.28. The Hall–Kier alpha value is -0.450. The number of rotatable bonds is 0. The monoisotopic (exact) mass is 276 g/mol. The fourth-order valence-corrected chi connectivity index (χ4v) is 2.24. The van der Waals surface area contributed by atoms with E-state index in [9.17, 15) is 9.18 Å². The molecule has 0 radical (unpaired) electrons. The third-order valence-electron chi connectivity index (χ3n) is 2.03. The molecule has 0 heterocycles. The molecule has 0 aromatic heterocycles. The molecule has 0 spiro atoms. The lowest BCUT2D eigenvalue weighted by atomic mass is 10.1. The summed E-state index contributed by atoms with van der Waals surface area (Å²) < 4.78 is 13.0. The second-order valence-corrected chi connectivity index (χ2v) is 4.31. The predicted octanol–water partition coefficient (Wildman–Crippen LogP) is 2.37. The molecule has 1 aromatic carbocycles. The van der Waals surface area contributed by atoms with Gasteiger partial charge in [0.2, 0.25) is 0 Å². The lowest BCUT2D eigenvalue weighted by Crippen LogP contribution is -2.07. The van der Waals surface area contributed by atoms with E-state index in [1.165, 1.54) is 6.07 Å². The van der Waals surface area contributed by atoms with E-state index in [4.69, 9.17) is 0 Å². The van der Waals surface area contributed by atoms with Crippen LogP contribution in [0.2, 0.25) is 0 Å². The van der Waals surface area contributed by atoms with Gasteiger partial charge >= 0.3 is 0 Å². The average molecular weight is 276 g/mol. The molecule has 1 nitrogen and oxygen atoms in total. The summed E-state index contributed by atoms with van der Waals surface area (Å²) in [6.07, 6.45) is 0.673. The number of Topliss-reactive ketones (excluding diaryl/α,β-unsaturated/α-hetero) is 1. The molecule has 12 heavy (non-hydrogen) atoms. The molecular weight excluding hydrogens is 270 g/mol. The highest BCUT2D eigenvalue weighted by atomic mass is 127. The maximum absolute atomic E-state index is 13.1. The van der Waals surface area contributed by atoms with Crippen molar-refractivity contribution in [1.29, 1.82) is 0 Å². The van der Waals surface area contributed by atoms with Gasteiger partial charge in [0.05, 0.1) is 9.49 Å². The molecule has 0 bridgehead atoms. The molecule has 1 aliphatic rings. The molecule has 0 fully saturated rings. The van der Waals surface area contributed by atoms with Crippen molar-refractivity contribution in [1.82, 2.24) is 0 Å². The summed E-state index contributed by atoms with van der Waals surface area (Å²) >= 11 is 2.05. The molecule has 0 amide bonds. The van der Waals surface area contributed by atoms with Crippen LogP contribution in [0.5, 0.6) is 0 Å². The Balaban J connectivity index is 2.62. The first kappa shape index (κ1) is 8.16. The fraction of sp³-hybridized carbons (Fsp3) is 0.222. The Bertz CT molecular complexity index is 348. The summed E-state index contributed by atoms with van der Waals surface area (Å²) in [5.41, 5.74) is 1.15. The van der Waals surface area contributed by atoms with Crippen molar-refractivity contribution in [2.24, 2.45) is 0 Å². The van der Waals surface area contributed by atoms with E-state index >= 15 is 0 Å². The maximum atomic E-state index is 13.1. The second-order valence-electron chi connectivity index (χ2n) is 2.81. The van der Waals surface area contributed by atoms with Crippen molar-refractivity contribution in [2.45, 2.75) is 10.3 Å². The van der Waals surface area contributed by atoms with Crippen LogP contribution < -0.4 is 0 Å². The minimum Gasteiger partial charge on any atom is -0.293 e. The Morgan fingerprint density at radius 2 is 2.25 bits per heavy atom. The molecule has 0 aliphatic heterocycles. The van der Waals surface area contributed by atoms with Gasteiger partial charge in [-0.3, -0.25) is 4.79 Å². The molecule has 1 unspecified atom stereocenters. The van der Waals surface area contributed by atoms with Crippen molar-refractivity contribution in [2.75, 3.05) is 0 Å². The minimum absolute atomic E-state index is 0.0660. The van der Waals surface area contributed by atoms with E-state index in [-0.39, 0.29) is 15.5 Å². The lowest BCUT2D eigenvalue weighted by molar-refractivity contribution is 0.100. The van der Waals surface area contributed by atoms with Gasteiger partial charge in [-0.1, -0.05) is 34.7 Å². The van der Waals surface area contributed by atoms with Crippen LogP contribution in [0.4, 0.5) is 4.39 Å². The fourth-order valence-electron chi connectivity index (χ4n) is 1.46. The van der Waals surface area contributed by atoms with Gasteiger partial charge in [0, 0.05) is 0 Å². The lowest BCUT2D eigenvalue weighted by Gasteiger charge is -1.96. The van der Waals surface area contributed by atoms with E-state index in [0.717, 1.165) is 5.56 Å². The molecule has 1 aliphatic carbocycles. The first-order valence-electron chi connectivity index (χ1n) is 3.66. The van der Waals surface area contributed by atoms with Crippen LogP contribution in [0.3, 0.4) is 0 Å². The summed E-state index contributed by atoms with van der Waals surface area (Å²) in [5, 5.41) is 0. The summed E-state index contributed by atoms with van der Waals surface area (Å²) in [5.74, 6) is -0.444. The summed E-state index contributed by atoms with van der Waals surface area (Å²) in [6.45, 7) is 0. The number of hydrogen-bond donors (Lipinski definition) is 0. The van der Waals surface area contributed by atoms with Gasteiger partial charge < -0.3 is 0 Å². The Morgan fingerprint density at radius 1 is 1.50 bits per heavy atom. The molecule has 0 saturated heterocycles. The second kappa shape index (κ2) is 2.80. The molecule has 3 heteroatoms. The molecule has 0 N–H and O–H groups in total. The molecular formula is C9H6FIO. The van der Waals surface area contributed by atoms with Crippen LogP contribution in [0.1, 0.15) is 15.9 Å². The number of alkyl halides is 1.